The first-order valence-electron chi connectivity index (χ1n) is 12.4. The van der Waals surface area contributed by atoms with Crippen LogP contribution >= 0.6 is 0 Å². The van der Waals surface area contributed by atoms with Crippen LogP contribution < -0.4 is 0 Å². The second kappa shape index (κ2) is 14.0. The van der Waals surface area contributed by atoms with E-state index in [0.29, 0.717) is 6.10 Å². The molecule has 1 heteroatoms. The van der Waals surface area contributed by atoms with E-state index in [4.69, 9.17) is 4.74 Å². The molecule has 1 nitrogen and oxygen atoms in total. The number of hydrogen-bond donors (Lipinski definition) is 0. The van der Waals surface area contributed by atoms with Crippen molar-refractivity contribution in [3.63, 3.8) is 0 Å². The Labute approximate surface area is 165 Å². The van der Waals surface area contributed by atoms with Crippen molar-refractivity contribution in [3.8, 4) is 0 Å². The van der Waals surface area contributed by atoms with Crippen LogP contribution in [0.5, 0.6) is 0 Å². The van der Waals surface area contributed by atoms with Crippen LogP contribution in [-0.4, -0.2) is 12.7 Å². The Hall–Kier alpha value is -0.0400. The molecule has 0 saturated heterocycles. The molecular weight excluding hydrogens is 316 g/mol. The number of rotatable bonds is 13. The van der Waals surface area contributed by atoms with E-state index >= 15 is 0 Å². The van der Waals surface area contributed by atoms with Crippen molar-refractivity contribution in [2.75, 3.05) is 6.61 Å². The zero-order chi connectivity index (χ0) is 18.5. The minimum atomic E-state index is 0.591. The van der Waals surface area contributed by atoms with Crippen molar-refractivity contribution in [1.82, 2.24) is 0 Å². The predicted molar refractivity (Wildman–Crippen MR) is 115 cm³/mol. The summed E-state index contributed by atoms with van der Waals surface area (Å²) >= 11 is 0. The molecule has 2 aliphatic carbocycles. The Morgan fingerprint density at radius 1 is 0.538 bits per heavy atom. The Morgan fingerprint density at radius 2 is 1.00 bits per heavy atom. The van der Waals surface area contributed by atoms with E-state index in [0.717, 1.165) is 24.4 Å². The first kappa shape index (κ1) is 22.3. The molecule has 0 aromatic heterocycles. The molecule has 0 amide bonds. The first-order chi connectivity index (χ1) is 12.8. The molecule has 154 valence electrons. The van der Waals surface area contributed by atoms with Gasteiger partial charge in [-0.1, -0.05) is 90.9 Å². The van der Waals surface area contributed by atoms with E-state index in [2.05, 4.69) is 13.8 Å². The fourth-order valence-electron chi connectivity index (χ4n) is 5.27. The van der Waals surface area contributed by atoms with E-state index in [1.54, 1.807) is 0 Å². The number of ether oxygens (including phenoxy) is 1. The number of unbranched alkanes of at least 4 members (excludes halogenated alkanes) is 6. The fraction of sp³-hybridized carbons (Fsp3) is 1.00. The third kappa shape index (κ3) is 9.25. The molecular formula is C25H48O. The van der Waals surface area contributed by atoms with Crippen LogP contribution in [0.4, 0.5) is 0 Å². The fourth-order valence-corrected chi connectivity index (χ4v) is 5.27. The minimum Gasteiger partial charge on any atom is -0.378 e. The van der Waals surface area contributed by atoms with Gasteiger partial charge in [0.15, 0.2) is 0 Å². The van der Waals surface area contributed by atoms with Gasteiger partial charge in [-0.2, -0.15) is 0 Å². The summed E-state index contributed by atoms with van der Waals surface area (Å²) in [6.07, 6.45) is 26.4. The summed E-state index contributed by atoms with van der Waals surface area (Å²) in [5, 5.41) is 0. The summed E-state index contributed by atoms with van der Waals surface area (Å²) in [6.45, 7) is 5.68. The maximum Gasteiger partial charge on any atom is 0.0575 e. The average molecular weight is 365 g/mol. The van der Waals surface area contributed by atoms with E-state index in [-0.39, 0.29) is 0 Å². The zero-order valence-corrected chi connectivity index (χ0v) is 18.2. The number of hydrogen-bond acceptors (Lipinski definition) is 1. The third-order valence-corrected chi connectivity index (χ3v) is 7.26. The Kier molecular flexibility index (Phi) is 12.0. The standard InChI is InChI=1S/C25H48O/c1-3-5-7-8-10-12-22-13-15-24(16-14-22)21-26-25-19-17-23(18-20-25)11-9-6-4-2/h22-25H,3-21H2,1-2H3. The van der Waals surface area contributed by atoms with Gasteiger partial charge in [-0.25, -0.2) is 0 Å². The highest BCUT2D eigenvalue weighted by Gasteiger charge is 2.24. The van der Waals surface area contributed by atoms with E-state index in [9.17, 15) is 0 Å². The van der Waals surface area contributed by atoms with Gasteiger partial charge in [0, 0.05) is 6.61 Å². The summed E-state index contributed by atoms with van der Waals surface area (Å²) < 4.78 is 6.36. The molecule has 2 rings (SSSR count). The molecule has 0 N–H and O–H groups in total. The van der Waals surface area contributed by atoms with Gasteiger partial charge in [-0.05, 0) is 56.3 Å². The van der Waals surface area contributed by atoms with Crippen molar-refractivity contribution in [2.24, 2.45) is 17.8 Å². The molecule has 2 saturated carbocycles. The molecule has 0 atom stereocenters. The Bertz CT molecular complexity index is 310. The van der Waals surface area contributed by atoms with Gasteiger partial charge in [0.2, 0.25) is 0 Å². The van der Waals surface area contributed by atoms with Crippen molar-refractivity contribution in [1.29, 1.82) is 0 Å². The van der Waals surface area contributed by atoms with Crippen molar-refractivity contribution < 1.29 is 4.74 Å². The summed E-state index contributed by atoms with van der Waals surface area (Å²) in [5.41, 5.74) is 0. The topological polar surface area (TPSA) is 9.23 Å². The van der Waals surface area contributed by atoms with Crippen molar-refractivity contribution in [3.05, 3.63) is 0 Å². The maximum absolute atomic E-state index is 6.36. The average Bonchev–Trinajstić information content (AvgIpc) is 2.68. The Morgan fingerprint density at radius 3 is 1.62 bits per heavy atom. The molecule has 0 heterocycles. The molecule has 26 heavy (non-hydrogen) atoms. The van der Waals surface area contributed by atoms with E-state index in [1.165, 1.54) is 116 Å². The monoisotopic (exact) mass is 364 g/mol. The van der Waals surface area contributed by atoms with Gasteiger partial charge in [0.05, 0.1) is 6.10 Å². The van der Waals surface area contributed by atoms with Gasteiger partial charge in [-0.15, -0.1) is 0 Å². The lowest BCUT2D eigenvalue weighted by atomic mass is 9.80. The molecule has 0 unspecified atom stereocenters. The van der Waals surface area contributed by atoms with E-state index in [1.807, 2.05) is 0 Å². The molecule has 0 spiro atoms. The smallest absolute Gasteiger partial charge is 0.0575 e. The highest BCUT2D eigenvalue weighted by molar-refractivity contribution is 4.76. The highest BCUT2D eigenvalue weighted by Crippen LogP contribution is 2.34. The van der Waals surface area contributed by atoms with Crippen molar-refractivity contribution >= 4 is 0 Å². The second-order valence-corrected chi connectivity index (χ2v) is 9.56. The molecule has 0 radical (unpaired) electrons. The van der Waals surface area contributed by atoms with Crippen LogP contribution in [0.2, 0.25) is 0 Å². The lowest BCUT2D eigenvalue weighted by Gasteiger charge is -2.32. The van der Waals surface area contributed by atoms with Gasteiger partial charge < -0.3 is 4.74 Å². The second-order valence-electron chi connectivity index (χ2n) is 9.56. The van der Waals surface area contributed by atoms with Crippen LogP contribution in [0.3, 0.4) is 0 Å². The van der Waals surface area contributed by atoms with Crippen LogP contribution in [0, 0.1) is 17.8 Å². The molecule has 2 fully saturated rings. The van der Waals surface area contributed by atoms with E-state index < -0.39 is 0 Å². The predicted octanol–water partition coefficient (Wildman–Crippen LogP) is 8.31. The molecule has 0 bridgehead atoms. The minimum absolute atomic E-state index is 0.591. The van der Waals surface area contributed by atoms with Crippen LogP contribution in [-0.2, 0) is 4.74 Å². The van der Waals surface area contributed by atoms with Crippen LogP contribution in [0.25, 0.3) is 0 Å². The largest absolute Gasteiger partial charge is 0.378 e. The quantitative estimate of drug-likeness (QED) is 0.298. The molecule has 0 aromatic rings. The Balaban J connectivity index is 1.46. The lowest BCUT2D eigenvalue weighted by molar-refractivity contribution is -0.0104. The summed E-state index contributed by atoms with van der Waals surface area (Å²) in [6, 6.07) is 0. The molecule has 0 aromatic carbocycles. The summed E-state index contributed by atoms with van der Waals surface area (Å²) in [7, 11) is 0. The van der Waals surface area contributed by atoms with Crippen LogP contribution in [0.1, 0.15) is 129 Å². The van der Waals surface area contributed by atoms with Gasteiger partial charge >= 0.3 is 0 Å². The highest BCUT2D eigenvalue weighted by atomic mass is 16.5. The summed E-state index contributed by atoms with van der Waals surface area (Å²) in [5.74, 6) is 2.91. The molecule has 2 aliphatic rings. The normalized spacial score (nSPS) is 29.8. The zero-order valence-electron chi connectivity index (χ0n) is 18.2. The third-order valence-electron chi connectivity index (χ3n) is 7.26. The maximum atomic E-state index is 6.36. The summed E-state index contributed by atoms with van der Waals surface area (Å²) in [4.78, 5) is 0. The van der Waals surface area contributed by atoms with Gasteiger partial charge in [0.1, 0.15) is 0 Å². The van der Waals surface area contributed by atoms with Gasteiger partial charge in [-0.3, -0.25) is 0 Å². The SMILES string of the molecule is CCCCCCCC1CCC(COC2CCC(CCCCC)CC2)CC1. The van der Waals surface area contributed by atoms with Crippen molar-refractivity contribution in [2.45, 2.75) is 136 Å². The van der Waals surface area contributed by atoms with Crippen LogP contribution in [0.15, 0.2) is 0 Å². The lowest BCUT2D eigenvalue weighted by Crippen LogP contribution is -2.26. The molecule has 0 aliphatic heterocycles. The first-order valence-corrected chi connectivity index (χ1v) is 12.4. The van der Waals surface area contributed by atoms with Gasteiger partial charge in [0.25, 0.3) is 0 Å².